The van der Waals surface area contributed by atoms with Crippen molar-refractivity contribution in [2.24, 2.45) is 0 Å². The molecule has 4 rings (SSSR count). The number of halogens is 1. The van der Waals surface area contributed by atoms with Crippen molar-refractivity contribution in [3.05, 3.63) is 63.6 Å². The minimum Gasteiger partial charge on any atom is -0.259 e. The Labute approximate surface area is 137 Å². The number of hydrogen-bond donors (Lipinski definition) is 2. The van der Waals surface area contributed by atoms with E-state index in [0.717, 1.165) is 10.9 Å². The number of aromatic amines is 1. The third-order valence-electron chi connectivity index (χ3n) is 3.30. The zero-order chi connectivity index (χ0) is 16.8. The molecule has 4 heterocycles. The Kier molecular flexibility index (Phi) is 3.09. The standard InChI is InChI=1S/C13H8FN7O2S/c14-7-3-8(5-15-4-7)19-6-10-9(17-19)1-2-11(16-10)20-13(23)21(24)12(22)18-20/h1-6,24H,(H,18,22). The third-order valence-corrected chi connectivity index (χ3v) is 3.66. The van der Waals surface area contributed by atoms with Crippen LogP contribution in [0.4, 0.5) is 4.39 Å². The van der Waals surface area contributed by atoms with Crippen molar-refractivity contribution in [2.45, 2.75) is 0 Å². The first-order valence-electron chi connectivity index (χ1n) is 6.64. The molecular weight excluding hydrogens is 337 g/mol. The largest absolute Gasteiger partial charge is 0.363 e. The van der Waals surface area contributed by atoms with Crippen LogP contribution in [-0.4, -0.2) is 33.5 Å². The van der Waals surface area contributed by atoms with Gasteiger partial charge in [-0.3, -0.25) is 4.98 Å². The third kappa shape index (κ3) is 2.22. The molecule has 0 spiro atoms. The molecule has 0 aliphatic carbocycles. The number of hydrogen-bond acceptors (Lipinski definition) is 6. The van der Waals surface area contributed by atoms with Crippen LogP contribution in [-0.2, 0) is 0 Å². The summed E-state index contributed by atoms with van der Waals surface area (Å²) in [4.78, 5) is 31.4. The average molecular weight is 345 g/mol. The summed E-state index contributed by atoms with van der Waals surface area (Å²) in [5.41, 5.74) is 0.0745. The van der Waals surface area contributed by atoms with E-state index in [1.54, 1.807) is 12.3 Å². The topological polar surface area (TPSA) is 103 Å². The number of nitrogens with zero attached hydrogens (tertiary/aromatic N) is 6. The van der Waals surface area contributed by atoms with Gasteiger partial charge in [0.15, 0.2) is 5.82 Å². The van der Waals surface area contributed by atoms with Crippen LogP contribution in [0.5, 0.6) is 0 Å². The molecule has 0 aromatic carbocycles. The van der Waals surface area contributed by atoms with Gasteiger partial charge in [-0.25, -0.2) is 28.7 Å². The minimum absolute atomic E-state index is 0.203. The summed E-state index contributed by atoms with van der Waals surface area (Å²) >= 11 is 3.77. The van der Waals surface area contributed by atoms with Crippen LogP contribution in [0.1, 0.15) is 0 Å². The molecule has 0 saturated heterocycles. The first-order valence-corrected chi connectivity index (χ1v) is 7.04. The SMILES string of the molecule is O=c1[nH]n(-c2ccc3nn(-c4cncc(F)c4)cc3n2)c(=O)n1S. The van der Waals surface area contributed by atoms with Gasteiger partial charge in [-0.05, 0) is 12.1 Å². The van der Waals surface area contributed by atoms with Crippen LogP contribution in [0.3, 0.4) is 0 Å². The highest BCUT2D eigenvalue weighted by Crippen LogP contribution is 2.15. The molecular formula is C13H8FN7O2S. The van der Waals surface area contributed by atoms with Gasteiger partial charge < -0.3 is 0 Å². The molecule has 11 heteroatoms. The Morgan fingerprint density at radius 3 is 2.71 bits per heavy atom. The van der Waals surface area contributed by atoms with Gasteiger partial charge in [0.2, 0.25) is 0 Å². The molecule has 120 valence electrons. The van der Waals surface area contributed by atoms with Gasteiger partial charge in [0.25, 0.3) is 0 Å². The summed E-state index contributed by atoms with van der Waals surface area (Å²) in [6.45, 7) is 0. The van der Waals surface area contributed by atoms with Crippen LogP contribution in [0.2, 0.25) is 0 Å². The van der Waals surface area contributed by atoms with E-state index < -0.39 is 17.2 Å². The number of fused-ring (bicyclic) bond motifs is 1. The molecule has 0 amide bonds. The first-order chi connectivity index (χ1) is 11.5. The molecule has 4 aromatic rings. The Morgan fingerprint density at radius 1 is 1.17 bits per heavy atom. The van der Waals surface area contributed by atoms with E-state index in [1.807, 2.05) is 0 Å². The number of rotatable bonds is 2. The van der Waals surface area contributed by atoms with Crippen molar-refractivity contribution in [1.82, 2.24) is 33.5 Å². The normalized spacial score (nSPS) is 11.2. The molecule has 0 bridgehead atoms. The zero-order valence-electron chi connectivity index (χ0n) is 11.8. The van der Waals surface area contributed by atoms with Crippen molar-refractivity contribution < 1.29 is 4.39 Å². The van der Waals surface area contributed by atoms with E-state index in [9.17, 15) is 14.0 Å². The zero-order valence-corrected chi connectivity index (χ0v) is 12.7. The Morgan fingerprint density at radius 2 is 2.00 bits per heavy atom. The molecule has 0 atom stereocenters. The predicted octanol–water partition coefficient (Wildman–Crippen LogP) is 0.288. The van der Waals surface area contributed by atoms with Crippen LogP contribution in [0, 0.1) is 5.82 Å². The number of nitrogens with one attached hydrogen (secondary N) is 1. The van der Waals surface area contributed by atoms with Crippen molar-refractivity contribution in [3.8, 4) is 11.5 Å². The molecule has 0 radical (unpaired) electrons. The lowest BCUT2D eigenvalue weighted by Crippen LogP contribution is -2.22. The van der Waals surface area contributed by atoms with Gasteiger partial charge in [-0.1, -0.05) is 12.8 Å². The van der Waals surface area contributed by atoms with Crippen LogP contribution < -0.4 is 11.4 Å². The smallest absolute Gasteiger partial charge is 0.259 e. The van der Waals surface area contributed by atoms with Gasteiger partial charge >= 0.3 is 11.4 Å². The van der Waals surface area contributed by atoms with Crippen molar-refractivity contribution in [2.75, 3.05) is 0 Å². The molecule has 1 N–H and O–H groups in total. The Balaban J connectivity index is 1.86. The van der Waals surface area contributed by atoms with E-state index in [-0.39, 0.29) is 5.82 Å². The van der Waals surface area contributed by atoms with Crippen LogP contribution in [0.25, 0.3) is 22.5 Å². The molecule has 9 nitrogen and oxygen atoms in total. The maximum atomic E-state index is 13.3. The van der Waals surface area contributed by atoms with Crippen molar-refractivity contribution in [3.63, 3.8) is 0 Å². The summed E-state index contributed by atoms with van der Waals surface area (Å²) in [7, 11) is 0. The summed E-state index contributed by atoms with van der Waals surface area (Å²) in [6.07, 6.45) is 4.11. The summed E-state index contributed by atoms with van der Waals surface area (Å²) in [5.74, 6) is -0.283. The van der Waals surface area contributed by atoms with Gasteiger partial charge in [-0.15, -0.1) is 0 Å². The number of aromatic nitrogens is 7. The Hall–Kier alpha value is -3.21. The van der Waals surface area contributed by atoms with Crippen LogP contribution in [0.15, 0.2) is 46.4 Å². The van der Waals surface area contributed by atoms with E-state index in [0.29, 0.717) is 20.7 Å². The fraction of sp³-hybridized carbons (Fsp3) is 0. The summed E-state index contributed by atoms with van der Waals surface area (Å²) in [5, 5.41) is 6.60. The van der Waals surface area contributed by atoms with Crippen LogP contribution >= 0.6 is 12.8 Å². The molecule has 0 aliphatic rings. The molecule has 0 aliphatic heterocycles. The fourth-order valence-electron chi connectivity index (χ4n) is 2.21. The minimum atomic E-state index is -0.674. The summed E-state index contributed by atoms with van der Waals surface area (Å²) in [6, 6.07) is 4.43. The Bertz CT molecular complexity index is 1190. The van der Waals surface area contributed by atoms with Gasteiger partial charge in [0, 0.05) is 6.07 Å². The maximum absolute atomic E-state index is 13.3. The monoisotopic (exact) mass is 345 g/mol. The highest BCUT2D eigenvalue weighted by molar-refractivity contribution is 7.78. The van der Waals surface area contributed by atoms with E-state index in [1.165, 1.54) is 23.0 Å². The molecule has 0 fully saturated rings. The van der Waals surface area contributed by atoms with E-state index in [4.69, 9.17) is 0 Å². The van der Waals surface area contributed by atoms with Gasteiger partial charge in [-0.2, -0.15) is 13.8 Å². The fourth-order valence-corrected chi connectivity index (χ4v) is 2.34. The highest BCUT2D eigenvalue weighted by Gasteiger charge is 2.11. The maximum Gasteiger partial charge on any atom is 0.363 e. The quantitative estimate of drug-likeness (QED) is 0.508. The van der Waals surface area contributed by atoms with E-state index in [2.05, 4.69) is 33.0 Å². The van der Waals surface area contributed by atoms with Crippen molar-refractivity contribution >= 4 is 23.8 Å². The molecule has 24 heavy (non-hydrogen) atoms. The van der Waals surface area contributed by atoms with Gasteiger partial charge in [0.1, 0.15) is 16.9 Å². The number of thiol groups is 1. The van der Waals surface area contributed by atoms with E-state index >= 15 is 0 Å². The molecule has 4 aromatic heterocycles. The van der Waals surface area contributed by atoms with Gasteiger partial charge in [0.05, 0.1) is 24.3 Å². The average Bonchev–Trinajstić information content (AvgIpc) is 3.11. The summed E-state index contributed by atoms with van der Waals surface area (Å²) < 4.78 is 16.3. The second-order valence-electron chi connectivity index (χ2n) is 4.86. The first kappa shape index (κ1) is 14.4. The lowest BCUT2D eigenvalue weighted by molar-refractivity contribution is 0.618. The lowest BCUT2D eigenvalue weighted by atomic mass is 10.4. The second kappa shape index (κ2) is 5.16. The number of pyridine rings is 2. The second-order valence-corrected chi connectivity index (χ2v) is 5.26. The predicted molar refractivity (Wildman–Crippen MR) is 85.2 cm³/mol. The lowest BCUT2D eigenvalue weighted by Gasteiger charge is -1.98. The highest BCUT2D eigenvalue weighted by atomic mass is 32.1. The molecule has 0 unspecified atom stereocenters. The number of H-pyrrole nitrogens is 1. The molecule has 0 saturated carbocycles. The van der Waals surface area contributed by atoms with Crippen molar-refractivity contribution in [1.29, 1.82) is 0 Å².